The van der Waals surface area contributed by atoms with E-state index < -0.39 is 0 Å². The van der Waals surface area contributed by atoms with Crippen LogP contribution in [-0.2, 0) is 6.42 Å². The molecular formula is C16H22N4O. The summed E-state index contributed by atoms with van der Waals surface area (Å²) in [4.78, 5) is 0. The Bertz CT molecular complexity index is 599. The van der Waals surface area contributed by atoms with Gasteiger partial charge in [-0.2, -0.15) is 0 Å². The van der Waals surface area contributed by atoms with Crippen LogP contribution in [0.4, 0.5) is 0 Å². The maximum absolute atomic E-state index is 9.34. The van der Waals surface area contributed by atoms with Gasteiger partial charge in [-0.25, -0.2) is 0 Å². The van der Waals surface area contributed by atoms with E-state index in [1.807, 2.05) is 19.1 Å². The van der Waals surface area contributed by atoms with Gasteiger partial charge >= 0.3 is 0 Å². The van der Waals surface area contributed by atoms with Crippen molar-refractivity contribution in [1.29, 1.82) is 0 Å². The summed E-state index contributed by atoms with van der Waals surface area (Å²) >= 11 is 0. The zero-order chi connectivity index (χ0) is 14.8. The molecular weight excluding hydrogens is 264 g/mol. The Balaban J connectivity index is 1.81. The summed E-state index contributed by atoms with van der Waals surface area (Å²) in [6.07, 6.45) is 5.63. The molecule has 3 rings (SSSR count). The number of aryl methyl sites for hydroxylation is 1. The molecule has 5 heteroatoms. The molecule has 1 aromatic carbocycles. The Kier molecular flexibility index (Phi) is 3.92. The minimum Gasteiger partial charge on any atom is -0.508 e. The highest BCUT2D eigenvalue weighted by atomic mass is 16.3. The second-order valence-corrected chi connectivity index (χ2v) is 5.89. The maximum Gasteiger partial charge on any atom is 0.150 e. The lowest BCUT2D eigenvalue weighted by Gasteiger charge is -2.19. The molecule has 2 aromatic rings. The zero-order valence-corrected chi connectivity index (χ0v) is 12.4. The van der Waals surface area contributed by atoms with Gasteiger partial charge in [-0.1, -0.05) is 25.0 Å². The van der Waals surface area contributed by atoms with E-state index in [0.717, 1.165) is 17.2 Å². The van der Waals surface area contributed by atoms with Crippen LogP contribution in [-0.4, -0.2) is 19.9 Å². The van der Waals surface area contributed by atoms with Gasteiger partial charge in [-0.3, -0.25) is 0 Å². The average Bonchev–Trinajstić information content (AvgIpc) is 3.10. The van der Waals surface area contributed by atoms with Crippen molar-refractivity contribution >= 4 is 0 Å². The van der Waals surface area contributed by atoms with Gasteiger partial charge in [0.2, 0.25) is 0 Å². The van der Waals surface area contributed by atoms with Crippen LogP contribution in [0.3, 0.4) is 0 Å². The predicted molar refractivity (Wildman–Crippen MR) is 81.0 cm³/mol. The monoisotopic (exact) mass is 286 g/mol. The molecule has 0 radical (unpaired) electrons. The van der Waals surface area contributed by atoms with Gasteiger partial charge in [0.05, 0.1) is 6.04 Å². The van der Waals surface area contributed by atoms with Crippen LogP contribution in [0.5, 0.6) is 5.75 Å². The summed E-state index contributed by atoms with van der Waals surface area (Å²) in [5, 5.41) is 17.9. The standard InChI is InChI=1S/C16H22N4O/c1-11-18-19-16(20(11)13-4-2-3-5-13)15(17)10-12-6-8-14(21)9-7-12/h6-9,13,15,21H,2-5,10,17H2,1H3/t15-/m1/s1. The van der Waals surface area contributed by atoms with Gasteiger partial charge in [0, 0.05) is 6.04 Å². The highest BCUT2D eigenvalue weighted by Crippen LogP contribution is 2.32. The van der Waals surface area contributed by atoms with Gasteiger partial charge in [0.25, 0.3) is 0 Å². The molecule has 21 heavy (non-hydrogen) atoms. The summed E-state index contributed by atoms with van der Waals surface area (Å²) in [7, 11) is 0. The van der Waals surface area contributed by atoms with E-state index in [1.165, 1.54) is 25.7 Å². The number of benzene rings is 1. The van der Waals surface area contributed by atoms with Crippen molar-refractivity contribution in [2.75, 3.05) is 0 Å². The first-order valence-corrected chi connectivity index (χ1v) is 7.60. The van der Waals surface area contributed by atoms with Crippen LogP contribution >= 0.6 is 0 Å². The van der Waals surface area contributed by atoms with Gasteiger partial charge in [0.15, 0.2) is 5.82 Å². The lowest BCUT2D eigenvalue weighted by Crippen LogP contribution is -2.21. The molecule has 0 amide bonds. The van der Waals surface area contributed by atoms with Crippen LogP contribution in [0.2, 0.25) is 0 Å². The van der Waals surface area contributed by atoms with E-state index in [2.05, 4.69) is 14.8 Å². The number of rotatable bonds is 4. The highest BCUT2D eigenvalue weighted by Gasteiger charge is 2.25. The first-order valence-electron chi connectivity index (χ1n) is 7.60. The molecule has 0 saturated heterocycles. The molecule has 0 spiro atoms. The van der Waals surface area contributed by atoms with Crippen molar-refractivity contribution in [3.05, 3.63) is 41.5 Å². The highest BCUT2D eigenvalue weighted by molar-refractivity contribution is 5.27. The van der Waals surface area contributed by atoms with Crippen molar-refractivity contribution in [2.24, 2.45) is 5.73 Å². The van der Waals surface area contributed by atoms with E-state index in [1.54, 1.807) is 12.1 Å². The quantitative estimate of drug-likeness (QED) is 0.906. The van der Waals surface area contributed by atoms with Crippen molar-refractivity contribution < 1.29 is 5.11 Å². The van der Waals surface area contributed by atoms with Crippen molar-refractivity contribution in [2.45, 2.75) is 51.1 Å². The Morgan fingerprint density at radius 1 is 1.24 bits per heavy atom. The van der Waals surface area contributed by atoms with Crippen LogP contribution in [0.15, 0.2) is 24.3 Å². The number of hydrogen-bond donors (Lipinski definition) is 2. The number of aromatic nitrogens is 3. The number of hydrogen-bond acceptors (Lipinski definition) is 4. The van der Waals surface area contributed by atoms with Gasteiger partial charge in [0.1, 0.15) is 11.6 Å². The molecule has 3 N–H and O–H groups in total. The third kappa shape index (κ3) is 2.93. The molecule has 1 atom stereocenters. The smallest absolute Gasteiger partial charge is 0.150 e. The summed E-state index contributed by atoms with van der Waals surface area (Å²) in [5.41, 5.74) is 7.46. The average molecular weight is 286 g/mol. The Morgan fingerprint density at radius 2 is 1.90 bits per heavy atom. The fourth-order valence-corrected chi connectivity index (χ4v) is 3.23. The maximum atomic E-state index is 9.34. The van der Waals surface area contributed by atoms with Crippen molar-refractivity contribution in [1.82, 2.24) is 14.8 Å². The molecule has 0 unspecified atom stereocenters. The first-order chi connectivity index (χ1) is 10.1. The zero-order valence-electron chi connectivity index (χ0n) is 12.4. The van der Waals surface area contributed by atoms with Crippen LogP contribution in [0.25, 0.3) is 0 Å². The molecule has 1 fully saturated rings. The third-order valence-electron chi connectivity index (χ3n) is 4.31. The van der Waals surface area contributed by atoms with Crippen LogP contribution in [0, 0.1) is 6.92 Å². The fourth-order valence-electron chi connectivity index (χ4n) is 3.23. The SMILES string of the molecule is Cc1nnc([C@H](N)Cc2ccc(O)cc2)n1C1CCCC1. The molecule has 1 saturated carbocycles. The van der Waals surface area contributed by atoms with E-state index >= 15 is 0 Å². The summed E-state index contributed by atoms with van der Waals surface area (Å²) in [5.74, 6) is 2.11. The number of phenolic OH excluding ortho intramolecular Hbond substituents is 1. The van der Waals surface area contributed by atoms with E-state index in [4.69, 9.17) is 5.73 Å². The minimum absolute atomic E-state index is 0.170. The number of aromatic hydroxyl groups is 1. The number of phenols is 1. The number of nitrogens with zero attached hydrogens (tertiary/aromatic N) is 3. The second kappa shape index (κ2) is 5.85. The van der Waals surface area contributed by atoms with Crippen LogP contribution in [0.1, 0.15) is 55.0 Å². The predicted octanol–water partition coefficient (Wildman–Crippen LogP) is 2.65. The van der Waals surface area contributed by atoms with Crippen molar-refractivity contribution in [3.63, 3.8) is 0 Å². The Morgan fingerprint density at radius 3 is 2.57 bits per heavy atom. The van der Waals surface area contributed by atoms with E-state index in [0.29, 0.717) is 12.5 Å². The second-order valence-electron chi connectivity index (χ2n) is 5.89. The van der Waals surface area contributed by atoms with Crippen LogP contribution < -0.4 is 5.73 Å². The van der Waals surface area contributed by atoms with Gasteiger partial charge in [-0.05, 0) is 43.9 Å². The largest absolute Gasteiger partial charge is 0.508 e. The van der Waals surface area contributed by atoms with Gasteiger partial charge in [-0.15, -0.1) is 10.2 Å². The molecule has 5 nitrogen and oxygen atoms in total. The molecule has 0 bridgehead atoms. The van der Waals surface area contributed by atoms with E-state index in [9.17, 15) is 5.11 Å². The molecule has 1 aliphatic carbocycles. The third-order valence-corrected chi connectivity index (χ3v) is 4.31. The number of nitrogens with two attached hydrogens (primary N) is 1. The molecule has 1 heterocycles. The molecule has 0 aliphatic heterocycles. The Labute approximate surface area is 124 Å². The lowest BCUT2D eigenvalue weighted by atomic mass is 10.1. The fraction of sp³-hybridized carbons (Fsp3) is 0.500. The summed E-state index contributed by atoms with van der Waals surface area (Å²) < 4.78 is 2.23. The summed E-state index contributed by atoms with van der Waals surface area (Å²) in [6.45, 7) is 2.00. The van der Waals surface area contributed by atoms with Crippen molar-refractivity contribution in [3.8, 4) is 5.75 Å². The molecule has 1 aliphatic rings. The lowest BCUT2D eigenvalue weighted by molar-refractivity contribution is 0.465. The minimum atomic E-state index is -0.170. The summed E-state index contributed by atoms with van der Waals surface area (Å²) in [6, 6.07) is 7.51. The first kappa shape index (κ1) is 14.1. The topological polar surface area (TPSA) is 77.0 Å². The molecule has 112 valence electrons. The van der Waals surface area contributed by atoms with Gasteiger partial charge < -0.3 is 15.4 Å². The van der Waals surface area contributed by atoms with E-state index in [-0.39, 0.29) is 11.8 Å². The Hall–Kier alpha value is -1.88. The normalized spacial score (nSPS) is 17.2. The molecule has 1 aromatic heterocycles.